The first kappa shape index (κ1) is 26.7. The van der Waals surface area contributed by atoms with E-state index in [1.165, 1.54) is 23.4 Å². The molecular weight excluding hydrogens is 477 g/mol. The maximum atomic E-state index is 13.2. The Balaban J connectivity index is 1.59. The molecular formula is C29H33F3N4O. The summed E-state index contributed by atoms with van der Waals surface area (Å²) in [6.07, 6.45) is 2.30. The molecule has 196 valence electrons. The van der Waals surface area contributed by atoms with Crippen LogP contribution in [0.15, 0.2) is 75.6 Å². The molecule has 8 heteroatoms. The fraction of sp³-hybridized carbons (Fsp3) is 0.379. The summed E-state index contributed by atoms with van der Waals surface area (Å²) in [7, 11) is 0. The van der Waals surface area contributed by atoms with Gasteiger partial charge in [-0.1, -0.05) is 30.3 Å². The first-order valence-electron chi connectivity index (χ1n) is 12.7. The standard InChI is InChI=1S/C29H33F3N4O/c1-3-35(4-2)26-13-9-22(10-14-26)19-23-11-12-25(28(23)36-15-17-37-18-16-36)21-34-33-20-24-7-5-6-8-27(24)29(30,31)32/h5-10,13-14,19-21H,3-4,11-12,15-18H2,1-2H3/b23-19+,33-20+,34-21+. The number of hydrogen-bond acceptors (Lipinski definition) is 5. The second-order valence-corrected chi connectivity index (χ2v) is 8.98. The molecule has 0 unspecified atom stereocenters. The molecule has 1 saturated heterocycles. The van der Waals surface area contributed by atoms with E-state index < -0.39 is 11.7 Å². The minimum atomic E-state index is -4.44. The SMILES string of the molecule is CCN(CC)c1ccc(/C=C2\CCC(/C=N/N=C/c3ccccc3C(F)(F)F)=C2N2CCOCC2)cc1. The lowest BCUT2D eigenvalue weighted by Crippen LogP contribution is -2.36. The number of halogens is 3. The number of allylic oxidation sites excluding steroid dienone is 2. The van der Waals surface area contributed by atoms with Crippen LogP contribution in [0.5, 0.6) is 0 Å². The average Bonchev–Trinajstić information content (AvgIpc) is 3.30. The molecule has 37 heavy (non-hydrogen) atoms. The summed E-state index contributed by atoms with van der Waals surface area (Å²) in [6, 6.07) is 14.0. The highest BCUT2D eigenvalue weighted by atomic mass is 19.4. The highest BCUT2D eigenvalue weighted by Crippen LogP contribution is 2.35. The number of ether oxygens (including phenoxy) is 1. The van der Waals surface area contributed by atoms with Gasteiger partial charge in [0, 0.05) is 43.1 Å². The van der Waals surface area contributed by atoms with Gasteiger partial charge < -0.3 is 14.5 Å². The summed E-state index contributed by atoms with van der Waals surface area (Å²) < 4.78 is 45.3. The lowest BCUT2D eigenvalue weighted by Gasteiger charge is -2.31. The monoisotopic (exact) mass is 510 g/mol. The van der Waals surface area contributed by atoms with Gasteiger partial charge in [0.05, 0.1) is 31.2 Å². The Bertz CT molecular complexity index is 1170. The van der Waals surface area contributed by atoms with E-state index in [4.69, 9.17) is 4.74 Å². The quantitative estimate of drug-likeness (QED) is 0.304. The van der Waals surface area contributed by atoms with Gasteiger partial charge in [-0.05, 0) is 67.7 Å². The molecule has 1 heterocycles. The minimum absolute atomic E-state index is 0.00491. The van der Waals surface area contributed by atoms with Crippen molar-refractivity contribution in [2.75, 3.05) is 44.3 Å². The predicted molar refractivity (Wildman–Crippen MR) is 144 cm³/mol. The zero-order valence-corrected chi connectivity index (χ0v) is 21.3. The first-order chi connectivity index (χ1) is 17.9. The summed E-state index contributed by atoms with van der Waals surface area (Å²) in [4.78, 5) is 4.63. The van der Waals surface area contributed by atoms with Crippen LogP contribution in [0, 0.1) is 0 Å². The molecule has 0 atom stereocenters. The lowest BCUT2D eigenvalue weighted by molar-refractivity contribution is -0.137. The fourth-order valence-corrected chi connectivity index (χ4v) is 4.81. The van der Waals surface area contributed by atoms with Gasteiger partial charge in [0.1, 0.15) is 0 Å². The fourth-order valence-electron chi connectivity index (χ4n) is 4.81. The highest BCUT2D eigenvalue weighted by molar-refractivity contribution is 5.86. The summed E-state index contributed by atoms with van der Waals surface area (Å²) in [5, 5.41) is 8.09. The second-order valence-electron chi connectivity index (χ2n) is 8.98. The first-order valence-corrected chi connectivity index (χ1v) is 12.7. The van der Waals surface area contributed by atoms with Crippen LogP contribution in [0.2, 0.25) is 0 Å². The van der Waals surface area contributed by atoms with E-state index in [1.54, 1.807) is 12.3 Å². The van der Waals surface area contributed by atoms with Gasteiger partial charge >= 0.3 is 6.18 Å². The molecule has 0 bridgehead atoms. The van der Waals surface area contributed by atoms with Gasteiger partial charge in [-0.3, -0.25) is 0 Å². The summed E-state index contributed by atoms with van der Waals surface area (Å²) in [5.74, 6) is 0. The highest BCUT2D eigenvalue weighted by Gasteiger charge is 2.32. The van der Waals surface area contributed by atoms with Crippen LogP contribution in [-0.2, 0) is 10.9 Å². The molecule has 2 aliphatic rings. The Morgan fingerprint density at radius 1 is 0.919 bits per heavy atom. The van der Waals surface area contributed by atoms with Gasteiger partial charge in [-0.25, -0.2) is 0 Å². The molecule has 0 radical (unpaired) electrons. The van der Waals surface area contributed by atoms with E-state index in [2.05, 4.69) is 64.2 Å². The molecule has 1 aliphatic carbocycles. The number of anilines is 1. The lowest BCUT2D eigenvalue weighted by atomic mass is 10.1. The Labute approximate surface area is 216 Å². The van der Waals surface area contributed by atoms with Crippen molar-refractivity contribution in [2.45, 2.75) is 32.9 Å². The molecule has 5 nitrogen and oxygen atoms in total. The van der Waals surface area contributed by atoms with Crippen molar-refractivity contribution in [3.05, 3.63) is 82.1 Å². The summed E-state index contributed by atoms with van der Waals surface area (Å²) in [5.41, 5.74) is 5.01. The molecule has 0 spiro atoms. The van der Waals surface area contributed by atoms with Crippen molar-refractivity contribution >= 4 is 24.2 Å². The third-order valence-corrected chi connectivity index (χ3v) is 6.71. The third-order valence-electron chi connectivity index (χ3n) is 6.71. The van der Waals surface area contributed by atoms with E-state index in [9.17, 15) is 13.2 Å². The topological polar surface area (TPSA) is 40.4 Å². The predicted octanol–water partition coefficient (Wildman–Crippen LogP) is 6.42. The van der Waals surface area contributed by atoms with E-state index in [0.29, 0.717) is 13.2 Å². The average molecular weight is 511 g/mol. The molecule has 2 aromatic carbocycles. The van der Waals surface area contributed by atoms with E-state index in [0.717, 1.165) is 68.1 Å². The Kier molecular flexibility index (Phi) is 8.82. The molecule has 1 fully saturated rings. The normalized spacial score (nSPS) is 18.1. The zero-order chi connectivity index (χ0) is 26.3. The van der Waals surface area contributed by atoms with Crippen LogP contribution in [0.25, 0.3) is 6.08 Å². The van der Waals surface area contributed by atoms with Crippen LogP contribution >= 0.6 is 0 Å². The van der Waals surface area contributed by atoms with Gasteiger partial charge in [-0.2, -0.15) is 23.4 Å². The van der Waals surface area contributed by atoms with Gasteiger partial charge in [0.15, 0.2) is 0 Å². The van der Waals surface area contributed by atoms with Crippen LogP contribution in [0.3, 0.4) is 0 Å². The van der Waals surface area contributed by atoms with Crippen LogP contribution < -0.4 is 4.90 Å². The molecule has 0 N–H and O–H groups in total. The molecule has 0 aromatic heterocycles. The van der Waals surface area contributed by atoms with Crippen LogP contribution in [0.1, 0.15) is 43.4 Å². The van der Waals surface area contributed by atoms with Crippen molar-refractivity contribution in [3.8, 4) is 0 Å². The maximum absolute atomic E-state index is 13.2. The van der Waals surface area contributed by atoms with E-state index in [1.807, 2.05) is 0 Å². The number of hydrogen-bond donors (Lipinski definition) is 0. The maximum Gasteiger partial charge on any atom is 0.417 e. The Hall–Kier alpha value is -3.39. The van der Waals surface area contributed by atoms with Crippen molar-refractivity contribution in [3.63, 3.8) is 0 Å². The Morgan fingerprint density at radius 2 is 1.59 bits per heavy atom. The molecule has 1 aliphatic heterocycles. The third kappa shape index (κ3) is 6.68. The van der Waals surface area contributed by atoms with Crippen molar-refractivity contribution in [2.24, 2.45) is 10.2 Å². The van der Waals surface area contributed by atoms with Crippen LogP contribution in [0.4, 0.5) is 18.9 Å². The van der Waals surface area contributed by atoms with Crippen molar-refractivity contribution in [1.82, 2.24) is 4.90 Å². The summed E-state index contributed by atoms with van der Waals surface area (Å²) >= 11 is 0. The van der Waals surface area contributed by atoms with Gasteiger partial charge in [0.2, 0.25) is 0 Å². The van der Waals surface area contributed by atoms with Crippen molar-refractivity contribution < 1.29 is 17.9 Å². The number of nitrogens with zero attached hydrogens (tertiary/aromatic N) is 4. The smallest absolute Gasteiger partial charge is 0.378 e. The molecule has 2 aromatic rings. The van der Waals surface area contributed by atoms with Crippen LogP contribution in [-0.4, -0.2) is 56.7 Å². The number of morpholine rings is 1. The second kappa shape index (κ2) is 12.2. The van der Waals surface area contributed by atoms with Gasteiger partial charge in [0.25, 0.3) is 0 Å². The molecule has 4 rings (SSSR count). The molecule has 0 amide bonds. The minimum Gasteiger partial charge on any atom is -0.378 e. The van der Waals surface area contributed by atoms with E-state index in [-0.39, 0.29) is 5.56 Å². The van der Waals surface area contributed by atoms with Crippen molar-refractivity contribution in [1.29, 1.82) is 0 Å². The zero-order valence-electron chi connectivity index (χ0n) is 21.3. The largest absolute Gasteiger partial charge is 0.417 e. The molecule has 0 saturated carbocycles. The van der Waals surface area contributed by atoms with Gasteiger partial charge in [-0.15, -0.1) is 0 Å². The van der Waals surface area contributed by atoms with E-state index >= 15 is 0 Å². The number of alkyl halides is 3. The number of rotatable bonds is 8. The Morgan fingerprint density at radius 3 is 2.27 bits per heavy atom. The number of benzene rings is 2. The summed E-state index contributed by atoms with van der Waals surface area (Å²) in [6.45, 7) is 9.12.